The van der Waals surface area contributed by atoms with Crippen molar-refractivity contribution in [1.29, 1.82) is 0 Å². The van der Waals surface area contributed by atoms with E-state index in [1.54, 1.807) is 21.3 Å². The molecule has 0 bridgehead atoms. The van der Waals surface area contributed by atoms with Crippen molar-refractivity contribution in [2.75, 3.05) is 47.9 Å². The fourth-order valence-electron chi connectivity index (χ4n) is 5.06. The fourth-order valence-corrected chi connectivity index (χ4v) is 5.06. The Morgan fingerprint density at radius 3 is 2.09 bits per heavy atom. The normalized spacial score (nSPS) is 24.1. The van der Waals surface area contributed by atoms with Gasteiger partial charge in [-0.05, 0) is 43.7 Å². The maximum atomic E-state index is 6.38. The molecule has 4 atom stereocenters. The molecule has 2 aromatic rings. The minimum absolute atomic E-state index is 0.150. The smallest absolute Gasteiger partial charge is 0.231 e. The molecule has 4 unspecified atom stereocenters. The standard InChI is InChI=1S/C27H32O8/c1-15(2)6-7-31-20-11-22-21(34-14-35-22)10-17(20)26-19-13-32-25(18(19)12-33-26)16-8-23(28-3)27(30-5)24(9-16)29-4/h6,8-11,18-19,25-26H,7,12-14H2,1-5H3. The van der Waals surface area contributed by atoms with Crippen molar-refractivity contribution in [1.82, 2.24) is 0 Å². The third-order valence-electron chi connectivity index (χ3n) is 6.82. The van der Waals surface area contributed by atoms with Gasteiger partial charge in [0, 0.05) is 23.5 Å². The first-order valence-corrected chi connectivity index (χ1v) is 11.8. The molecule has 8 heteroatoms. The summed E-state index contributed by atoms with van der Waals surface area (Å²) >= 11 is 0. The molecule has 0 aromatic heterocycles. The maximum absolute atomic E-state index is 6.38. The molecule has 0 amide bonds. The average molecular weight is 485 g/mol. The van der Waals surface area contributed by atoms with Gasteiger partial charge >= 0.3 is 0 Å². The third-order valence-corrected chi connectivity index (χ3v) is 6.82. The van der Waals surface area contributed by atoms with Crippen LogP contribution in [0.5, 0.6) is 34.5 Å². The number of allylic oxidation sites excluding steroid dienone is 1. The van der Waals surface area contributed by atoms with Gasteiger partial charge in [-0.15, -0.1) is 0 Å². The van der Waals surface area contributed by atoms with Crippen molar-refractivity contribution in [2.45, 2.75) is 26.1 Å². The van der Waals surface area contributed by atoms with E-state index in [4.69, 9.17) is 37.9 Å². The summed E-state index contributed by atoms with van der Waals surface area (Å²) in [7, 11) is 4.83. The summed E-state index contributed by atoms with van der Waals surface area (Å²) in [6.07, 6.45) is 1.72. The van der Waals surface area contributed by atoms with Crippen LogP contribution in [0.15, 0.2) is 35.9 Å². The second-order valence-electron chi connectivity index (χ2n) is 9.13. The van der Waals surface area contributed by atoms with Crippen molar-refractivity contribution < 1.29 is 37.9 Å². The molecule has 188 valence electrons. The number of ether oxygens (including phenoxy) is 8. The molecule has 2 fully saturated rings. The zero-order valence-electron chi connectivity index (χ0n) is 20.8. The van der Waals surface area contributed by atoms with Crippen molar-refractivity contribution in [2.24, 2.45) is 11.8 Å². The number of fused-ring (bicyclic) bond motifs is 2. The van der Waals surface area contributed by atoms with E-state index in [0.29, 0.717) is 48.6 Å². The number of rotatable bonds is 8. The monoisotopic (exact) mass is 484 g/mol. The summed E-state index contributed by atoms with van der Waals surface area (Å²) in [5.41, 5.74) is 3.13. The van der Waals surface area contributed by atoms with Gasteiger partial charge in [-0.3, -0.25) is 0 Å². The van der Waals surface area contributed by atoms with Crippen LogP contribution in [0.25, 0.3) is 0 Å². The van der Waals surface area contributed by atoms with E-state index in [1.165, 1.54) is 5.57 Å². The van der Waals surface area contributed by atoms with Gasteiger partial charge in [-0.2, -0.15) is 0 Å². The quantitative estimate of drug-likeness (QED) is 0.492. The van der Waals surface area contributed by atoms with Crippen LogP contribution in [0.1, 0.15) is 37.2 Å². The Hall–Kier alpha value is -3.10. The van der Waals surface area contributed by atoms with E-state index in [2.05, 4.69) is 0 Å². The molecule has 0 radical (unpaired) electrons. The number of hydrogen-bond donors (Lipinski definition) is 0. The summed E-state index contributed by atoms with van der Waals surface area (Å²) in [6, 6.07) is 7.80. The Kier molecular flexibility index (Phi) is 6.67. The first-order valence-electron chi connectivity index (χ1n) is 11.8. The molecule has 0 spiro atoms. The summed E-state index contributed by atoms with van der Waals surface area (Å²) < 4.78 is 46.7. The van der Waals surface area contributed by atoms with Gasteiger partial charge in [0.2, 0.25) is 12.5 Å². The Labute approximate surface area is 205 Å². The van der Waals surface area contributed by atoms with Crippen LogP contribution < -0.4 is 28.4 Å². The minimum atomic E-state index is -0.178. The predicted octanol–water partition coefficient (Wildman–Crippen LogP) is 4.86. The van der Waals surface area contributed by atoms with Crippen molar-refractivity contribution in [3.8, 4) is 34.5 Å². The zero-order valence-corrected chi connectivity index (χ0v) is 20.8. The molecule has 0 N–H and O–H groups in total. The average Bonchev–Trinajstić information content (AvgIpc) is 3.58. The van der Waals surface area contributed by atoms with Crippen LogP contribution in [0.3, 0.4) is 0 Å². The van der Waals surface area contributed by atoms with Crippen LogP contribution in [-0.4, -0.2) is 47.9 Å². The summed E-state index contributed by atoms with van der Waals surface area (Å²) in [6.45, 7) is 5.91. The highest BCUT2D eigenvalue weighted by atomic mass is 16.7. The Morgan fingerprint density at radius 1 is 0.829 bits per heavy atom. The lowest BCUT2D eigenvalue weighted by molar-refractivity contribution is 0.0182. The maximum Gasteiger partial charge on any atom is 0.231 e. The highest BCUT2D eigenvalue weighted by Crippen LogP contribution is 2.54. The molecular weight excluding hydrogens is 452 g/mol. The summed E-state index contributed by atoms with van der Waals surface area (Å²) in [4.78, 5) is 0. The van der Waals surface area contributed by atoms with Gasteiger partial charge in [0.25, 0.3) is 0 Å². The molecule has 5 rings (SSSR count). The van der Waals surface area contributed by atoms with Crippen molar-refractivity contribution in [3.63, 3.8) is 0 Å². The third kappa shape index (κ3) is 4.36. The van der Waals surface area contributed by atoms with Gasteiger partial charge in [-0.25, -0.2) is 0 Å². The molecular formula is C27H32O8. The molecule has 2 aromatic carbocycles. The first kappa shape index (κ1) is 23.6. The predicted molar refractivity (Wildman–Crippen MR) is 128 cm³/mol. The van der Waals surface area contributed by atoms with Gasteiger partial charge in [-0.1, -0.05) is 5.57 Å². The second kappa shape index (κ2) is 9.87. The lowest BCUT2D eigenvalue weighted by Gasteiger charge is -2.21. The fraction of sp³-hybridized carbons (Fsp3) is 0.481. The van der Waals surface area contributed by atoms with E-state index in [1.807, 2.05) is 44.2 Å². The number of benzene rings is 2. The van der Waals surface area contributed by atoms with Crippen LogP contribution in [-0.2, 0) is 9.47 Å². The van der Waals surface area contributed by atoms with Crippen LogP contribution >= 0.6 is 0 Å². The Morgan fingerprint density at radius 2 is 1.46 bits per heavy atom. The second-order valence-corrected chi connectivity index (χ2v) is 9.13. The number of hydrogen-bond acceptors (Lipinski definition) is 8. The Bertz CT molecular complexity index is 1080. The lowest BCUT2D eigenvalue weighted by atomic mass is 9.84. The SMILES string of the molecule is COc1cc(C2OCC3C(c4cc5c(cc4OCC=C(C)C)OCO5)OCC23)cc(OC)c1OC. The summed E-state index contributed by atoms with van der Waals surface area (Å²) in [5.74, 6) is 4.24. The molecule has 3 aliphatic rings. The van der Waals surface area contributed by atoms with Crippen LogP contribution in [0.2, 0.25) is 0 Å². The van der Waals surface area contributed by atoms with Gasteiger partial charge < -0.3 is 37.9 Å². The lowest BCUT2D eigenvalue weighted by Crippen LogP contribution is -2.15. The highest BCUT2D eigenvalue weighted by Gasteiger charge is 2.49. The van der Waals surface area contributed by atoms with Crippen molar-refractivity contribution >= 4 is 0 Å². The minimum Gasteiger partial charge on any atom is -0.493 e. The highest BCUT2D eigenvalue weighted by molar-refractivity contribution is 5.55. The Balaban J connectivity index is 1.43. The van der Waals surface area contributed by atoms with Crippen molar-refractivity contribution in [3.05, 3.63) is 47.0 Å². The largest absolute Gasteiger partial charge is 0.493 e. The molecule has 2 saturated heterocycles. The van der Waals surface area contributed by atoms with E-state index < -0.39 is 0 Å². The topological polar surface area (TPSA) is 73.8 Å². The molecule has 3 heterocycles. The van der Waals surface area contributed by atoms with Gasteiger partial charge in [0.05, 0.1) is 46.8 Å². The van der Waals surface area contributed by atoms with E-state index >= 15 is 0 Å². The van der Waals surface area contributed by atoms with Crippen LogP contribution in [0, 0.1) is 11.8 Å². The molecule has 0 aliphatic carbocycles. The molecule has 8 nitrogen and oxygen atoms in total. The molecule has 35 heavy (non-hydrogen) atoms. The first-order chi connectivity index (χ1) is 17.0. The van der Waals surface area contributed by atoms with Crippen LogP contribution in [0.4, 0.5) is 0 Å². The van der Waals surface area contributed by atoms with E-state index in [0.717, 1.165) is 16.9 Å². The molecule has 0 saturated carbocycles. The van der Waals surface area contributed by atoms with Gasteiger partial charge in [0.15, 0.2) is 23.0 Å². The summed E-state index contributed by atoms with van der Waals surface area (Å²) in [5, 5.41) is 0. The number of methoxy groups -OCH3 is 3. The van der Waals surface area contributed by atoms with E-state index in [-0.39, 0.29) is 30.8 Å². The van der Waals surface area contributed by atoms with E-state index in [9.17, 15) is 0 Å². The van der Waals surface area contributed by atoms with Gasteiger partial charge in [0.1, 0.15) is 12.4 Å². The zero-order chi connectivity index (χ0) is 24.5. The molecule has 3 aliphatic heterocycles.